The zero-order valence-corrected chi connectivity index (χ0v) is 11.1. The van der Waals surface area contributed by atoms with Gasteiger partial charge in [-0.1, -0.05) is 23.5 Å². The first kappa shape index (κ1) is 12.4. The van der Waals surface area contributed by atoms with Gasteiger partial charge in [-0.15, -0.1) is 0 Å². The summed E-state index contributed by atoms with van der Waals surface area (Å²) in [6, 6.07) is 12.3. The highest BCUT2D eigenvalue weighted by molar-refractivity contribution is 7.22. The SMILES string of the molecule is Nc1ccc(C(=O)O)cc1Nc1nc2ccccc2s1. The lowest BCUT2D eigenvalue weighted by Crippen LogP contribution is -2.01. The fourth-order valence-corrected chi connectivity index (χ4v) is 2.72. The zero-order chi connectivity index (χ0) is 14.1. The molecule has 0 saturated heterocycles. The van der Waals surface area contributed by atoms with E-state index in [0.29, 0.717) is 16.5 Å². The predicted octanol–water partition coefficient (Wildman–Crippen LogP) is 3.32. The van der Waals surface area contributed by atoms with Crippen LogP contribution in [0.5, 0.6) is 0 Å². The lowest BCUT2D eigenvalue weighted by Gasteiger charge is -2.07. The van der Waals surface area contributed by atoms with Crippen molar-refractivity contribution in [2.75, 3.05) is 11.1 Å². The fraction of sp³-hybridized carbons (Fsp3) is 0. The molecule has 0 fully saturated rings. The highest BCUT2D eigenvalue weighted by Crippen LogP contribution is 2.30. The van der Waals surface area contributed by atoms with E-state index < -0.39 is 5.97 Å². The molecule has 3 rings (SSSR count). The number of fused-ring (bicyclic) bond motifs is 1. The smallest absolute Gasteiger partial charge is 0.335 e. The molecule has 0 atom stereocenters. The summed E-state index contributed by atoms with van der Waals surface area (Å²) < 4.78 is 1.06. The molecule has 0 aliphatic heterocycles. The van der Waals surface area contributed by atoms with Crippen molar-refractivity contribution in [3.63, 3.8) is 0 Å². The molecular formula is C14H11N3O2S. The van der Waals surface area contributed by atoms with Crippen LogP contribution in [-0.4, -0.2) is 16.1 Å². The van der Waals surface area contributed by atoms with Crippen molar-refractivity contribution in [1.29, 1.82) is 0 Å². The fourth-order valence-electron chi connectivity index (χ4n) is 1.84. The van der Waals surface area contributed by atoms with Crippen LogP contribution in [-0.2, 0) is 0 Å². The second-order valence-corrected chi connectivity index (χ2v) is 5.25. The average Bonchev–Trinajstić information content (AvgIpc) is 2.83. The van der Waals surface area contributed by atoms with Gasteiger partial charge >= 0.3 is 5.97 Å². The van der Waals surface area contributed by atoms with Crippen LogP contribution in [0.1, 0.15) is 10.4 Å². The second-order valence-electron chi connectivity index (χ2n) is 4.22. The zero-order valence-electron chi connectivity index (χ0n) is 10.3. The first-order chi connectivity index (χ1) is 9.63. The van der Waals surface area contributed by atoms with E-state index >= 15 is 0 Å². The van der Waals surface area contributed by atoms with Crippen molar-refractivity contribution >= 4 is 44.0 Å². The topological polar surface area (TPSA) is 88.2 Å². The monoisotopic (exact) mass is 285 g/mol. The number of thiazole rings is 1. The van der Waals surface area contributed by atoms with Crippen molar-refractivity contribution in [1.82, 2.24) is 4.98 Å². The first-order valence-electron chi connectivity index (χ1n) is 5.89. The van der Waals surface area contributed by atoms with Gasteiger partial charge in [0.1, 0.15) is 0 Å². The van der Waals surface area contributed by atoms with Crippen LogP contribution in [0.4, 0.5) is 16.5 Å². The Morgan fingerprint density at radius 3 is 2.80 bits per heavy atom. The Morgan fingerprint density at radius 1 is 1.25 bits per heavy atom. The Hall–Kier alpha value is -2.60. The van der Waals surface area contributed by atoms with Gasteiger partial charge in [-0.2, -0.15) is 0 Å². The summed E-state index contributed by atoms with van der Waals surface area (Å²) >= 11 is 1.49. The van der Waals surface area contributed by atoms with E-state index in [9.17, 15) is 4.79 Å². The van der Waals surface area contributed by atoms with E-state index in [4.69, 9.17) is 10.8 Å². The number of nitrogens with two attached hydrogens (primary N) is 1. The molecule has 100 valence electrons. The van der Waals surface area contributed by atoms with Crippen molar-refractivity contribution < 1.29 is 9.90 Å². The summed E-state index contributed by atoms with van der Waals surface area (Å²) in [4.78, 5) is 15.4. The molecule has 0 radical (unpaired) electrons. The maximum atomic E-state index is 11.0. The molecule has 0 unspecified atom stereocenters. The first-order valence-corrected chi connectivity index (χ1v) is 6.70. The maximum absolute atomic E-state index is 11.0. The summed E-state index contributed by atoms with van der Waals surface area (Å²) in [7, 11) is 0. The molecule has 0 saturated carbocycles. The van der Waals surface area contributed by atoms with Gasteiger partial charge < -0.3 is 16.2 Å². The molecule has 6 heteroatoms. The van der Waals surface area contributed by atoms with Crippen LogP contribution in [0.3, 0.4) is 0 Å². The van der Waals surface area contributed by atoms with E-state index in [1.807, 2.05) is 24.3 Å². The number of aromatic nitrogens is 1. The van der Waals surface area contributed by atoms with Gasteiger partial charge in [0.05, 0.1) is 27.2 Å². The number of hydrogen-bond acceptors (Lipinski definition) is 5. The molecule has 4 N–H and O–H groups in total. The van der Waals surface area contributed by atoms with Crippen LogP contribution in [0.15, 0.2) is 42.5 Å². The third-order valence-electron chi connectivity index (χ3n) is 2.84. The van der Waals surface area contributed by atoms with Gasteiger partial charge in [-0.25, -0.2) is 9.78 Å². The number of anilines is 3. The number of para-hydroxylation sites is 1. The van der Waals surface area contributed by atoms with Gasteiger partial charge in [0.25, 0.3) is 0 Å². The molecule has 0 bridgehead atoms. The standard InChI is InChI=1S/C14H11N3O2S/c15-9-6-5-8(13(18)19)7-11(9)17-14-16-10-3-1-2-4-12(10)20-14/h1-7H,15H2,(H,16,17)(H,18,19). The van der Waals surface area contributed by atoms with Gasteiger partial charge in [-0.05, 0) is 30.3 Å². The number of carboxylic acid groups (broad SMARTS) is 1. The molecule has 20 heavy (non-hydrogen) atoms. The quantitative estimate of drug-likeness (QED) is 0.642. The second kappa shape index (κ2) is 4.82. The highest BCUT2D eigenvalue weighted by Gasteiger charge is 2.09. The normalized spacial score (nSPS) is 10.6. The minimum Gasteiger partial charge on any atom is -0.478 e. The number of nitrogen functional groups attached to an aromatic ring is 1. The third kappa shape index (κ3) is 2.28. The molecule has 0 spiro atoms. The highest BCUT2D eigenvalue weighted by atomic mass is 32.1. The lowest BCUT2D eigenvalue weighted by atomic mass is 10.2. The van der Waals surface area contributed by atoms with Crippen LogP contribution in [0.25, 0.3) is 10.2 Å². The van der Waals surface area contributed by atoms with E-state index in [0.717, 1.165) is 10.2 Å². The number of nitrogens with zero attached hydrogens (tertiary/aromatic N) is 1. The lowest BCUT2D eigenvalue weighted by molar-refractivity contribution is 0.0697. The molecule has 5 nitrogen and oxygen atoms in total. The van der Waals surface area contributed by atoms with E-state index in [-0.39, 0.29) is 5.56 Å². The molecular weight excluding hydrogens is 274 g/mol. The van der Waals surface area contributed by atoms with Crippen molar-refractivity contribution in [3.05, 3.63) is 48.0 Å². The van der Waals surface area contributed by atoms with Crippen molar-refractivity contribution in [3.8, 4) is 0 Å². The number of carboxylic acids is 1. The van der Waals surface area contributed by atoms with Gasteiger partial charge in [0.2, 0.25) is 0 Å². The third-order valence-corrected chi connectivity index (χ3v) is 3.79. The van der Waals surface area contributed by atoms with Crippen LogP contribution < -0.4 is 11.1 Å². The van der Waals surface area contributed by atoms with Crippen LogP contribution in [0, 0.1) is 0 Å². The molecule has 0 aliphatic rings. The predicted molar refractivity (Wildman–Crippen MR) is 80.7 cm³/mol. The Kier molecular flexibility index (Phi) is 3.00. The van der Waals surface area contributed by atoms with Gasteiger partial charge in [0, 0.05) is 0 Å². The molecule has 1 aromatic heterocycles. The molecule has 0 aliphatic carbocycles. The van der Waals surface area contributed by atoms with Crippen LogP contribution >= 0.6 is 11.3 Å². The summed E-state index contributed by atoms with van der Waals surface area (Å²) in [6.45, 7) is 0. The largest absolute Gasteiger partial charge is 0.478 e. The van der Waals surface area contributed by atoms with Gasteiger partial charge in [0.15, 0.2) is 5.13 Å². The summed E-state index contributed by atoms with van der Waals surface area (Å²) in [6.07, 6.45) is 0. The minimum absolute atomic E-state index is 0.183. The minimum atomic E-state index is -0.989. The summed E-state index contributed by atoms with van der Waals surface area (Å²) in [5, 5.41) is 12.8. The summed E-state index contributed by atoms with van der Waals surface area (Å²) in [5.41, 5.74) is 7.96. The molecule has 0 amide bonds. The van der Waals surface area contributed by atoms with Crippen molar-refractivity contribution in [2.45, 2.75) is 0 Å². The Morgan fingerprint density at radius 2 is 2.05 bits per heavy atom. The maximum Gasteiger partial charge on any atom is 0.335 e. The number of rotatable bonds is 3. The summed E-state index contributed by atoms with van der Waals surface area (Å²) in [5.74, 6) is -0.989. The molecule has 1 heterocycles. The Labute approximate surface area is 118 Å². The average molecular weight is 285 g/mol. The molecule has 2 aromatic carbocycles. The number of nitrogens with one attached hydrogen (secondary N) is 1. The van der Waals surface area contributed by atoms with E-state index in [2.05, 4.69) is 10.3 Å². The number of aromatic carboxylic acids is 1. The van der Waals surface area contributed by atoms with Crippen LogP contribution in [0.2, 0.25) is 0 Å². The van der Waals surface area contributed by atoms with Gasteiger partial charge in [-0.3, -0.25) is 0 Å². The number of carbonyl (C=O) groups is 1. The molecule has 3 aromatic rings. The van der Waals surface area contributed by atoms with Crippen molar-refractivity contribution in [2.24, 2.45) is 0 Å². The Balaban J connectivity index is 1.97. The van der Waals surface area contributed by atoms with E-state index in [1.165, 1.54) is 23.5 Å². The number of hydrogen-bond donors (Lipinski definition) is 3. The Bertz CT molecular complexity index is 765. The van der Waals surface area contributed by atoms with E-state index in [1.54, 1.807) is 6.07 Å². The number of benzene rings is 2.